The van der Waals surface area contributed by atoms with Crippen LogP contribution in [0.4, 0.5) is 4.79 Å². The van der Waals surface area contributed by atoms with Crippen LogP contribution in [0.2, 0.25) is 0 Å². The van der Waals surface area contributed by atoms with Gasteiger partial charge in [0.25, 0.3) is 0 Å². The van der Waals surface area contributed by atoms with E-state index in [2.05, 4.69) is 5.32 Å². The molecule has 0 atom stereocenters. The van der Waals surface area contributed by atoms with Crippen LogP contribution in [0.5, 0.6) is 5.75 Å². The first-order valence-corrected chi connectivity index (χ1v) is 8.16. The standard InChI is InChI=1S/C17H21N3O4/c1-2-24-14-5-3-4-12(8-14)9-20(13-6-7-13)16(22)11-19-10-15(21)18-17(19)23/h3-5,8,13H,2,6-7,9-11H2,1H3,(H,18,21,23). The zero-order valence-corrected chi connectivity index (χ0v) is 13.7. The number of amides is 4. The summed E-state index contributed by atoms with van der Waals surface area (Å²) in [6.07, 6.45) is 1.95. The van der Waals surface area contributed by atoms with Gasteiger partial charge in [-0.25, -0.2) is 4.79 Å². The van der Waals surface area contributed by atoms with E-state index < -0.39 is 6.03 Å². The van der Waals surface area contributed by atoms with Crippen molar-refractivity contribution in [1.82, 2.24) is 15.1 Å². The molecule has 1 aliphatic heterocycles. The van der Waals surface area contributed by atoms with E-state index in [1.165, 1.54) is 4.90 Å². The van der Waals surface area contributed by atoms with Crippen molar-refractivity contribution in [1.29, 1.82) is 0 Å². The van der Waals surface area contributed by atoms with Gasteiger partial charge in [0.1, 0.15) is 18.8 Å². The Morgan fingerprint density at radius 1 is 1.38 bits per heavy atom. The lowest BCUT2D eigenvalue weighted by Gasteiger charge is -2.25. The van der Waals surface area contributed by atoms with Crippen LogP contribution in [0.15, 0.2) is 24.3 Å². The minimum atomic E-state index is -0.498. The van der Waals surface area contributed by atoms with Crippen molar-refractivity contribution >= 4 is 17.8 Å². The van der Waals surface area contributed by atoms with E-state index in [0.29, 0.717) is 13.2 Å². The molecule has 0 unspecified atom stereocenters. The van der Waals surface area contributed by atoms with Crippen LogP contribution >= 0.6 is 0 Å². The van der Waals surface area contributed by atoms with Gasteiger partial charge < -0.3 is 14.5 Å². The highest BCUT2D eigenvalue weighted by Crippen LogP contribution is 2.29. The number of ether oxygens (including phenoxy) is 1. The van der Waals surface area contributed by atoms with Gasteiger partial charge in [-0.05, 0) is 37.5 Å². The lowest BCUT2D eigenvalue weighted by molar-refractivity contribution is -0.133. The molecule has 24 heavy (non-hydrogen) atoms. The van der Waals surface area contributed by atoms with E-state index >= 15 is 0 Å². The molecule has 0 spiro atoms. The topological polar surface area (TPSA) is 79.0 Å². The molecule has 1 N–H and O–H groups in total. The fourth-order valence-corrected chi connectivity index (χ4v) is 2.77. The van der Waals surface area contributed by atoms with Crippen LogP contribution in [0, 0.1) is 0 Å². The van der Waals surface area contributed by atoms with Crippen molar-refractivity contribution in [2.75, 3.05) is 19.7 Å². The fraction of sp³-hybridized carbons (Fsp3) is 0.471. The van der Waals surface area contributed by atoms with Crippen molar-refractivity contribution in [2.45, 2.75) is 32.4 Å². The molecule has 4 amide bonds. The maximum absolute atomic E-state index is 12.6. The summed E-state index contributed by atoms with van der Waals surface area (Å²) in [5.41, 5.74) is 0.989. The molecule has 0 aromatic heterocycles. The average Bonchev–Trinajstić information content (AvgIpc) is 3.32. The normalized spacial score (nSPS) is 17.0. The minimum Gasteiger partial charge on any atom is -0.494 e. The molecule has 0 bridgehead atoms. The Kier molecular flexibility index (Phi) is 4.69. The van der Waals surface area contributed by atoms with Crippen LogP contribution in [0.25, 0.3) is 0 Å². The van der Waals surface area contributed by atoms with E-state index in [1.54, 1.807) is 4.90 Å². The van der Waals surface area contributed by atoms with Crippen molar-refractivity contribution in [3.8, 4) is 5.75 Å². The summed E-state index contributed by atoms with van der Waals surface area (Å²) in [5.74, 6) is 0.280. The number of rotatable bonds is 7. The van der Waals surface area contributed by atoms with Gasteiger partial charge in [0.2, 0.25) is 11.8 Å². The molecular weight excluding hydrogens is 310 g/mol. The molecule has 1 aromatic rings. The van der Waals surface area contributed by atoms with Crippen LogP contribution < -0.4 is 10.1 Å². The molecule has 3 rings (SSSR count). The van der Waals surface area contributed by atoms with E-state index in [9.17, 15) is 14.4 Å². The first-order valence-electron chi connectivity index (χ1n) is 8.16. The van der Waals surface area contributed by atoms with Crippen molar-refractivity contribution in [3.63, 3.8) is 0 Å². The van der Waals surface area contributed by atoms with Crippen molar-refractivity contribution < 1.29 is 19.1 Å². The summed E-state index contributed by atoms with van der Waals surface area (Å²) in [6.45, 7) is 2.87. The van der Waals surface area contributed by atoms with Crippen LogP contribution in [-0.4, -0.2) is 53.4 Å². The number of urea groups is 1. The average molecular weight is 331 g/mol. The number of hydrogen-bond donors (Lipinski definition) is 1. The quantitative estimate of drug-likeness (QED) is 0.760. The second-order valence-corrected chi connectivity index (χ2v) is 6.04. The van der Waals surface area contributed by atoms with E-state index in [1.807, 2.05) is 31.2 Å². The highest BCUT2D eigenvalue weighted by atomic mass is 16.5. The molecule has 7 nitrogen and oxygen atoms in total. The summed E-state index contributed by atoms with van der Waals surface area (Å²) in [6, 6.07) is 7.39. The Bertz CT molecular complexity index is 657. The summed E-state index contributed by atoms with van der Waals surface area (Å²) in [7, 11) is 0. The largest absolute Gasteiger partial charge is 0.494 e. The summed E-state index contributed by atoms with van der Waals surface area (Å²) in [4.78, 5) is 38.5. The molecule has 1 saturated heterocycles. The third-order valence-electron chi connectivity index (χ3n) is 4.06. The number of carbonyl (C=O) groups is 3. The Hall–Kier alpha value is -2.57. The molecule has 0 radical (unpaired) electrons. The Balaban J connectivity index is 1.66. The molecule has 2 aliphatic rings. The predicted octanol–water partition coefficient (Wildman–Crippen LogP) is 1.13. The highest BCUT2D eigenvalue weighted by molar-refractivity contribution is 6.03. The van der Waals surface area contributed by atoms with Gasteiger partial charge in [0.05, 0.1) is 6.61 Å². The van der Waals surface area contributed by atoms with Gasteiger partial charge >= 0.3 is 6.03 Å². The number of imide groups is 1. The molecule has 1 heterocycles. The van der Waals surface area contributed by atoms with E-state index in [0.717, 1.165) is 24.2 Å². The second kappa shape index (κ2) is 6.90. The highest BCUT2D eigenvalue weighted by Gasteiger charge is 2.35. The number of benzene rings is 1. The van der Waals surface area contributed by atoms with Crippen molar-refractivity contribution in [3.05, 3.63) is 29.8 Å². The summed E-state index contributed by atoms with van der Waals surface area (Å²) in [5, 5.41) is 2.19. The molecule has 7 heteroatoms. The summed E-state index contributed by atoms with van der Waals surface area (Å²) < 4.78 is 5.50. The zero-order valence-electron chi connectivity index (χ0n) is 13.7. The number of nitrogens with zero attached hydrogens (tertiary/aromatic N) is 2. The van der Waals surface area contributed by atoms with Gasteiger partial charge in [-0.1, -0.05) is 12.1 Å². The Labute approximate surface area is 140 Å². The molecule has 1 aromatic carbocycles. The van der Waals surface area contributed by atoms with Crippen LogP contribution in [-0.2, 0) is 16.1 Å². The first kappa shape index (κ1) is 16.3. The van der Waals surface area contributed by atoms with Gasteiger partial charge in [-0.3, -0.25) is 14.9 Å². The van der Waals surface area contributed by atoms with Crippen LogP contribution in [0.1, 0.15) is 25.3 Å². The zero-order chi connectivity index (χ0) is 17.1. The van der Waals surface area contributed by atoms with Gasteiger partial charge in [-0.2, -0.15) is 0 Å². The third kappa shape index (κ3) is 3.84. The van der Waals surface area contributed by atoms with Crippen LogP contribution in [0.3, 0.4) is 0 Å². The minimum absolute atomic E-state index is 0.0527. The van der Waals surface area contributed by atoms with Gasteiger partial charge in [0, 0.05) is 12.6 Å². The first-order chi connectivity index (χ1) is 11.6. The smallest absolute Gasteiger partial charge is 0.325 e. The van der Waals surface area contributed by atoms with Gasteiger partial charge in [-0.15, -0.1) is 0 Å². The maximum Gasteiger partial charge on any atom is 0.325 e. The maximum atomic E-state index is 12.6. The molecule has 1 saturated carbocycles. The lowest BCUT2D eigenvalue weighted by Crippen LogP contribution is -2.42. The summed E-state index contributed by atoms with van der Waals surface area (Å²) >= 11 is 0. The second-order valence-electron chi connectivity index (χ2n) is 6.04. The molecule has 1 aliphatic carbocycles. The van der Waals surface area contributed by atoms with Crippen molar-refractivity contribution in [2.24, 2.45) is 0 Å². The monoisotopic (exact) mass is 331 g/mol. The van der Waals surface area contributed by atoms with E-state index in [-0.39, 0.29) is 30.9 Å². The Morgan fingerprint density at radius 3 is 2.79 bits per heavy atom. The molecule has 128 valence electrons. The van der Waals surface area contributed by atoms with Gasteiger partial charge in [0.15, 0.2) is 0 Å². The van der Waals surface area contributed by atoms with E-state index in [4.69, 9.17) is 4.74 Å². The number of carbonyl (C=O) groups excluding carboxylic acids is 3. The molecular formula is C17H21N3O4. The number of nitrogens with one attached hydrogen (secondary N) is 1. The third-order valence-corrected chi connectivity index (χ3v) is 4.06. The fourth-order valence-electron chi connectivity index (χ4n) is 2.77. The SMILES string of the molecule is CCOc1cccc(CN(C(=O)CN2CC(=O)NC2=O)C2CC2)c1. The number of hydrogen-bond acceptors (Lipinski definition) is 4. The lowest BCUT2D eigenvalue weighted by atomic mass is 10.2. The Morgan fingerprint density at radius 2 is 2.17 bits per heavy atom. The predicted molar refractivity (Wildman–Crippen MR) is 86.3 cm³/mol. The molecule has 2 fully saturated rings.